The van der Waals surface area contributed by atoms with Crippen LogP contribution in [-0.4, -0.2) is 4.68 Å². The van der Waals surface area contributed by atoms with Gasteiger partial charge in [0, 0.05) is 12.4 Å². The molecule has 0 spiro atoms. The molecule has 1 aromatic carbocycles. The minimum Gasteiger partial charge on any atom is -0.322 e. The Morgan fingerprint density at radius 3 is 2.20 bits per heavy atom. The number of hydrogen-bond acceptors (Lipinski definition) is 1. The maximum Gasteiger partial charge on any atom is 0.0564 e. The van der Waals surface area contributed by atoms with Crippen molar-refractivity contribution in [1.82, 2.24) is 4.68 Å². The fraction of sp³-hybridized carbons (Fsp3) is 0.231. The molecule has 0 amide bonds. The molecular weight excluding hydrogens is 184 g/mol. The molecule has 0 fully saturated rings. The van der Waals surface area contributed by atoms with Crippen LogP contribution in [0.15, 0.2) is 48.8 Å². The van der Waals surface area contributed by atoms with Gasteiger partial charge in [0.25, 0.3) is 0 Å². The second-order valence-corrected chi connectivity index (χ2v) is 3.60. The number of hydrogen-bond donors (Lipinski definition) is 1. The van der Waals surface area contributed by atoms with Gasteiger partial charge in [0.15, 0.2) is 0 Å². The van der Waals surface area contributed by atoms with E-state index >= 15 is 0 Å². The van der Waals surface area contributed by atoms with Crippen LogP contribution in [0, 0.1) is 0 Å². The highest BCUT2D eigenvalue weighted by Gasteiger charge is 1.93. The first-order valence-corrected chi connectivity index (χ1v) is 5.33. The largest absolute Gasteiger partial charge is 0.322 e. The minimum absolute atomic E-state index is 0.860. The van der Waals surface area contributed by atoms with Gasteiger partial charge in [-0.25, -0.2) is 0 Å². The highest BCUT2D eigenvalue weighted by molar-refractivity contribution is 5.23. The number of nitrogens with zero attached hydrogens (tertiary/aromatic N) is 1. The van der Waals surface area contributed by atoms with Crippen LogP contribution in [0.25, 0.3) is 0 Å². The molecule has 2 rings (SSSR count). The average Bonchev–Trinajstić information content (AvgIpc) is 2.80. The number of rotatable bonds is 4. The first kappa shape index (κ1) is 9.84. The van der Waals surface area contributed by atoms with E-state index in [4.69, 9.17) is 0 Å². The average molecular weight is 200 g/mol. The van der Waals surface area contributed by atoms with Crippen LogP contribution in [0.5, 0.6) is 0 Å². The summed E-state index contributed by atoms with van der Waals surface area (Å²) in [5.41, 5.74) is 5.99. The van der Waals surface area contributed by atoms with Gasteiger partial charge in [-0.1, -0.05) is 31.2 Å². The Labute approximate surface area is 90.5 Å². The van der Waals surface area contributed by atoms with Crippen molar-refractivity contribution < 1.29 is 0 Å². The van der Waals surface area contributed by atoms with Gasteiger partial charge in [-0.2, -0.15) is 0 Å². The van der Waals surface area contributed by atoms with Gasteiger partial charge >= 0.3 is 0 Å². The van der Waals surface area contributed by atoms with E-state index in [2.05, 4.69) is 36.6 Å². The van der Waals surface area contributed by atoms with Gasteiger partial charge in [0.1, 0.15) is 0 Å². The Morgan fingerprint density at radius 2 is 1.60 bits per heavy atom. The summed E-state index contributed by atoms with van der Waals surface area (Å²) in [5, 5.41) is 0. The molecule has 0 saturated carbocycles. The minimum atomic E-state index is 0.860. The molecule has 0 bridgehead atoms. The smallest absolute Gasteiger partial charge is 0.0564 e. The van der Waals surface area contributed by atoms with Crippen LogP contribution in [0.2, 0.25) is 0 Å². The Morgan fingerprint density at radius 1 is 1.00 bits per heavy atom. The molecule has 0 aliphatic heterocycles. The SMILES string of the molecule is CCc1ccc(CNn2cccc2)cc1. The van der Waals surface area contributed by atoms with Crippen molar-refractivity contribution in [3.63, 3.8) is 0 Å². The zero-order chi connectivity index (χ0) is 10.5. The maximum absolute atomic E-state index is 3.30. The van der Waals surface area contributed by atoms with Crippen LogP contribution in [0.3, 0.4) is 0 Å². The van der Waals surface area contributed by atoms with Crippen molar-refractivity contribution in [2.24, 2.45) is 0 Å². The molecule has 0 aliphatic rings. The van der Waals surface area contributed by atoms with E-state index in [1.807, 2.05) is 29.2 Å². The summed E-state index contributed by atoms with van der Waals surface area (Å²) in [7, 11) is 0. The third-order valence-electron chi connectivity index (χ3n) is 2.50. The molecule has 0 saturated heterocycles. The normalized spacial score (nSPS) is 10.2. The van der Waals surface area contributed by atoms with Crippen molar-refractivity contribution >= 4 is 0 Å². The van der Waals surface area contributed by atoms with E-state index in [9.17, 15) is 0 Å². The molecule has 2 nitrogen and oxygen atoms in total. The van der Waals surface area contributed by atoms with Gasteiger partial charge in [-0.15, -0.1) is 0 Å². The molecule has 1 aromatic heterocycles. The summed E-state index contributed by atoms with van der Waals surface area (Å²) in [6, 6.07) is 12.7. The quantitative estimate of drug-likeness (QED) is 0.803. The molecule has 2 heteroatoms. The van der Waals surface area contributed by atoms with Gasteiger partial charge in [-0.3, -0.25) is 4.68 Å². The first-order valence-electron chi connectivity index (χ1n) is 5.33. The van der Waals surface area contributed by atoms with Crippen molar-refractivity contribution in [1.29, 1.82) is 0 Å². The van der Waals surface area contributed by atoms with E-state index < -0.39 is 0 Å². The topological polar surface area (TPSA) is 17.0 Å². The fourth-order valence-electron chi connectivity index (χ4n) is 1.52. The summed E-state index contributed by atoms with van der Waals surface area (Å²) in [5.74, 6) is 0. The molecule has 0 radical (unpaired) electrons. The van der Waals surface area contributed by atoms with Crippen LogP contribution in [0.1, 0.15) is 18.1 Å². The summed E-state index contributed by atoms with van der Waals surface area (Å²) in [4.78, 5) is 0. The van der Waals surface area contributed by atoms with Crippen molar-refractivity contribution in [2.45, 2.75) is 19.9 Å². The zero-order valence-corrected chi connectivity index (χ0v) is 8.98. The lowest BCUT2D eigenvalue weighted by Crippen LogP contribution is -2.11. The number of aryl methyl sites for hydroxylation is 1. The molecule has 78 valence electrons. The number of benzene rings is 1. The van der Waals surface area contributed by atoms with E-state index in [-0.39, 0.29) is 0 Å². The maximum atomic E-state index is 3.30. The zero-order valence-electron chi connectivity index (χ0n) is 8.98. The molecule has 1 heterocycles. The monoisotopic (exact) mass is 200 g/mol. The van der Waals surface area contributed by atoms with Crippen LogP contribution >= 0.6 is 0 Å². The molecule has 0 aliphatic carbocycles. The molecule has 2 aromatic rings. The Balaban J connectivity index is 1.93. The summed E-state index contributed by atoms with van der Waals surface area (Å²) < 4.78 is 1.97. The fourth-order valence-corrected chi connectivity index (χ4v) is 1.52. The van der Waals surface area contributed by atoms with Crippen LogP contribution in [0.4, 0.5) is 0 Å². The van der Waals surface area contributed by atoms with E-state index in [0.29, 0.717) is 0 Å². The van der Waals surface area contributed by atoms with Gasteiger partial charge in [-0.05, 0) is 29.7 Å². The third kappa shape index (κ3) is 2.62. The molecule has 0 atom stereocenters. The van der Waals surface area contributed by atoms with Gasteiger partial charge in [0.05, 0.1) is 6.54 Å². The van der Waals surface area contributed by atoms with Gasteiger partial charge < -0.3 is 5.43 Å². The van der Waals surface area contributed by atoms with Crippen LogP contribution < -0.4 is 5.43 Å². The first-order chi connectivity index (χ1) is 7.38. The standard InChI is InChI=1S/C13H16N2/c1-2-12-5-7-13(8-6-12)11-14-15-9-3-4-10-15/h3-10,14H,2,11H2,1H3. The van der Waals surface area contributed by atoms with E-state index in [1.165, 1.54) is 11.1 Å². The summed E-state index contributed by atoms with van der Waals surface area (Å²) >= 11 is 0. The Hall–Kier alpha value is -1.70. The number of aromatic nitrogens is 1. The summed E-state index contributed by atoms with van der Waals surface area (Å²) in [6.07, 6.45) is 5.10. The second kappa shape index (κ2) is 4.69. The van der Waals surface area contributed by atoms with Crippen molar-refractivity contribution in [3.05, 3.63) is 59.9 Å². The molecule has 1 N–H and O–H groups in total. The van der Waals surface area contributed by atoms with E-state index in [0.717, 1.165) is 13.0 Å². The molecular formula is C13H16N2. The highest BCUT2D eigenvalue weighted by atomic mass is 15.4. The highest BCUT2D eigenvalue weighted by Crippen LogP contribution is 2.05. The lowest BCUT2D eigenvalue weighted by Gasteiger charge is -2.07. The Kier molecular flexibility index (Phi) is 3.08. The van der Waals surface area contributed by atoms with Crippen molar-refractivity contribution in [2.75, 3.05) is 5.43 Å². The third-order valence-corrected chi connectivity index (χ3v) is 2.50. The summed E-state index contributed by atoms with van der Waals surface area (Å²) in [6.45, 7) is 3.03. The molecule has 0 unspecified atom stereocenters. The Bertz CT molecular complexity index is 387. The predicted molar refractivity (Wildman–Crippen MR) is 63.3 cm³/mol. The van der Waals surface area contributed by atoms with E-state index in [1.54, 1.807) is 0 Å². The van der Waals surface area contributed by atoms with Gasteiger partial charge in [0.2, 0.25) is 0 Å². The lowest BCUT2D eigenvalue weighted by atomic mass is 10.1. The predicted octanol–water partition coefficient (Wildman–Crippen LogP) is 2.79. The lowest BCUT2D eigenvalue weighted by molar-refractivity contribution is 0.846. The second-order valence-electron chi connectivity index (χ2n) is 3.60. The molecule has 15 heavy (non-hydrogen) atoms. The van der Waals surface area contributed by atoms with Crippen LogP contribution in [-0.2, 0) is 13.0 Å². The van der Waals surface area contributed by atoms with Crippen molar-refractivity contribution in [3.8, 4) is 0 Å². The number of nitrogens with one attached hydrogen (secondary N) is 1.